The maximum absolute atomic E-state index is 12.1. The molecule has 1 heterocycles. The van der Waals surface area contributed by atoms with Crippen molar-refractivity contribution < 1.29 is 4.79 Å². The number of amides is 1. The van der Waals surface area contributed by atoms with E-state index >= 15 is 0 Å². The van der Waals surface area contributed by atoms with Crippen molar-refractivity contribution in [2.24, 2.45) is 13.0 Å². The minimum atomic E-state index is 0.0984. The molecule has 0 aromatic carbocycles. The lowest BCUT2D eigenvalue weighted by Gasteiger charge is -2.14. The van der Waals surface area contributed by atoms with Gasteiger partial charge in [0, 0.05) is 24.3 Å². The Morgan fingerprint density at radius 3 is 2.40 bits per heavy atom. The molecule has 1 N–H and O–H groups in total. The minimum absolute atomic E-state index is 0.0984. The van der Waals surface area contributed by atoms with Crippen molar-refractivity contribution in [2.45, 2.75) is 66.3 Å². The van der Waals surface area contributed by atoms with Gasteiger partial charge in [0.25, 0.3) is 0 Å². The second-order valence-corrected chi connectivity index (χ2v) is 6.24. The van der Waals surface area contributed by atoms with E-state index in [1.54, 1.807) is 0 Å². The zero-order chi connectivity index (χ0) is 15.3. The first-order valence-electron chi connectivity index (χ1n) is 7.59. The van der Waals surface area contributed by atoms with Gasteiger partial charge in [-0.3, -0.25) is 9.48 Å². The molecule has 0 aliphatic carbocycles. The van der Waals surface area contributed by atoms with E-state index in [0.29, 0.717) is 6.42 Å². The van der Waals surface area contributed by atoms with Gasteiger partial charge in [0.1, 0.15) is 0 Å². The first-order valence-corrected chi connectivity index (χ1v) is 7.59. The Morgan fingerprint density at radius 2 is 1.90 bits per heavy atom. The molecule has 1 rings (SSSR count). The zero-order valence-corrected chi connectivity index (χ0v) is 13.8. The molecule has 114 valence electrons. The summed E-state index contributed by atoms with van der Waals surface area (Å²) in [6, 6.07) is 0.249. The maximum atomic E-state index is 12.1. The molecular formula is C16H29N3O. The highest BCUT2D eigenvalue weighted by molar-refractivity contribution is 5.79. The van der Waals surface area contributed by atoms with Gasteiger partial charge in [-0.2, -0.15) is 5.10 Å². The molecule has 1 aromatic heterocycles. The highest BCUT2D eigenvalue weighted by Gasteiger charge is 2.14. The smallest absolute Gasteiger partial charge is 0.224 e. The van der Waals surface area contributed by atoms with E-state index in [9.17, 15) is 4.79 Å². The molecule has 0 spiro atoms. The summed E-state index contributed by atoms with van der Waals surface area (Å²) in [4.78, 5) is 12.1. The van der Waals surface area contributed by atoms with Crippen LogP contribution >= 0.6 is 0 Å². The van der Waals surface area contributed by atoms with Crippen LogP contribution in [0.3, 0.4) is 0 Å². The second kappa shape index (κ2) is 7.46. The third kappa shape index (κ3) is 4.99. The molecule has 0 saturated carbocycles. The molecule has 0 saturated heterocycles. The minimum Gasteiger partial charge on any atom is -0.353 e. The number of rotatable bonds is 7. The number of aryl methyl sites for hydroxylation is 2. The van der Waals surface area contributed by atoms with E-state index in [1.807, 2.05) is 25.6 Å². The van der Waals surface area contributed by atoms with Gasteiger partial charge in [-0.05, 0) is 33.1 Å². The molecule has 1 unspecified atom stereocenters. The summed E-state index contributed by atoms with van der Waals surface area (Å²) < 4.78 is 1.84. The Morgan fingerprint density at radius 1 is 1.25 bits per heavy atom. The predicted molar refractivity (Wildman–Crippen MR) is 82.7 cm³/mol. The Kier molecular flexibility index (Phi) is 6.24. The second-order valence-electron chi connectivity index (χ2n) is 6.24. The summed E-state index contributed by atoms with van der Waals surface area (Å²) in [6.45, 7) is 10.5. The van der Waals surface area contributed by atoms with Crippen molar-refractivity contribution in [1.82, 2.24) is 15.1 Å². The van der Waals surface area contributed by atoms with Crippen LogP contribution in [-0.4, -0.2) is 21.7 Å². The summed E-state index contributed by atoms with van der Waals surface area (Å²) in [7, 11) is 1.91. The van der Waals surface area contributed by atoms with Gasteiger partial charge >= 0.3 is 0 Å². The van der Waals surface area contributed by atoms with E-state index in [1.165, 1.54) is 12.8 Å². The summed E-state index contributed by atoms with van der Waals surface area (Å²) in [5, 5.41) is 7.44. The SMILES string of the molecule is Cc1nn(C)c(C)c1CC(=O)NC(C)CCCC(C)C. The van der Waals surface area contributed by atoms with Crippen LogP contribution < -0.4 is 5.32 Å². The summed E-state index contributed by atoms with van der Waals surface area (Å²) >= 11 is 0. The maximum Gasteiger partial charge on any atom is 0.224 e. The van der Waals surface area contributed by atoms with Crippen LogP contribution in [0.25, 0.3) is 0 Å². The molecule has 1 atom stereocenters. The van der Waals surface area contributed by atoms with Crippen LogP contribution in [0.5, 0.6) is 0 Å². The van der Waals surface area contributed by atoms with Crippen molar-refractivity contribution in [1.29, 1.82) is 0 Å². The Labute approximate surface area is 122 Å². The average Bonchev–Trinajstić information content (AvgIpc) is 2.55. The number of aromatic nitrogens is 2. The molecule has 0 radical (unpaired) electrons. The van der Waals surface area contributed by atoms with Crippen LogP contribution in [0.15, 0.2) is 0 Å². The standard InChI is InChI=1S/C16H29N3O/c1-11(2)8-7-9-12(3)17-16(20)10-15-13(4)18-19(6)14(15)5/h11-12H,7-10H2,1-6H3,(H,17,20). The lowest BCUT2D eigenvalue weighted by atomic mass is 10.0. The third-order valence-electron chi connectivity index (χ3n) is 3.82. The van der Waals surface area contributed by atoms with E-state index in [2.05, 4.69) is 31.2 Å². The van der Waals surface area contributed by atoms with Crippen LogP contribution in [0, 0.1) is 19.8 Å². The predicted octanol–water partition coefficient (Wildman–Crippen LogP) is 2.91. The van der Waals surface area contributed by atoms with Crippen molar-refractivity contribution in [3.8, 4) is 0 Å². The highest BCUT2D eigenvalue weighted by Crippen LogP contribution is 2.13. The Hall–Kier alpha value is -1.32. The molecular weight excluding hydrogens is 250 g/mol. The van der Waals surface area contributed by atoms with Gasteiger partial charge in [-0.25, -0.2) is 0 Å². The molecule has 0 bridgehead atoms. The summed E-state index contributed by atoms with van der Waals surface area (Å²) in [5.41, 5.74) is 3.08. The molecule has 20 heavy (non-hydrogen) atoms. The van der Waals surface area contributed by atoms with Gasteiger partial charge in [0.2, 0.25) is 5.91 Å². The summed E-state index contributed by atoms with van der Waals surface area (Å²) in [6.07, 6.45) is 3.88. The van der Waals surface area contributed by atoms with Crippen LogP contribution in [0.4, 0.5) is 0 Å². The normalized spacial score (nSPS) is 12.8. The fourth-order valence-corrected chi connectivity index (χ4v) is 2.46. The van der Waals surface area contributed by atoms with Gasteiger partial charge in [-0.1, -0.05) is 26.7 Å². The first kappa shape index (κ1) is 16.7. The van der Waals surface area contributed by atoms with Crippen molar-refractivity contribution in [3.63, 3.8) is 0 Å². The van der Waals surface area contributed by atoms with Crippen LogP contribution in [0.2, 0.25) is 0 Å². The van der Waals surface area contributed by atoms with Crippen molar-refractivity contribution in [2.75, 3.05) is 0 Å². The third-order valence-corrected chi connectivity index (χ3v) is 3.82. The monoisotopic (exact) mass is 279 g/mol. The van der Waals surface area contributed by atoms with E-state index in [-0.39, 0.29) is 11.9 Å². The van der Waals surface area contributed by atoms with E-state index < -0.39 is 0 Å². The molecule has 0 aliphatic rings. The van der Waals surface area contributed by atoms with Gasteiger partial charge < -0.3 is 5.32 Å². The molecule has 1 aromatic rings. The number of carbonyl (C=O) groups is 1. The number of carbonyl (C=O) groups excluding carboxylic acids is 1. The Balaban J connectivity index is 2.43. The van der Waals surface area contributed by atoms with Gasteiger partial charge in [0.15, 0.2) is 0 Å². The molecule has 4 nitrogen and oxygen atoms in total. The van der Waals surface area contributed by atoms with Gasteiger partial charge in [0.05, 0.1) is 12.1 Å². The fraction of sp³-hybridized carbons (Fsp3) is 0.750. The first-order chi connectivity index (χ1) is 9.31. The fourth-order valence-electron chi connectivity index (χ4n) is 2.46. The zero-order valence-electron chi connectivity index (χ0n) is 13.8. The number of nitrogens with one attached hydrogen (secondary N) is 1. The molecule has 0 fully saturated rings. The van der Waals surface area contributed by atoms with Crippen LogP contribution in [-0.2, 0) is 18.3 Å². The number of hydrogen-bond acceptors (Lipinski definition) is 2. The summed E-state index contributed by atoms with van der Waals surface area (Å²) in [5.74, 6) is 0.833. The van der Waals surface area contributed by atoms with Crippen molar-refractivity contribution >= 4 is 5.91 Å². The molecule has 4 heteroatoms. The van der Waals surface area contributed by atoms with Crippen molar-refractivity contribution in [3.05, 3.63) is 17.0 Å². The number of hydrogen-bond donors (Lipinski definition) is 1. The Bertz CT molecular complexity index is 449. The molecule has 0 aliphatic heterocycles. The topological polar surface area (TPSA) is 46.9 Å². The lowest BCUT2D eigenvalue weighted by Crippen LogP contribution is -2.33. The van der Waals surface area contributed by atoms with Gasteiger partial charge in [-0.15, -0.1) is 0 Å². The van der Waals surface area contributed by atoms with E-state index in [4.69, 9.17) is 0 Å². The van der Waals surface area contributed by atoms with Crippen LogP contribution in [0.1, 0.15) is 57.0 Å². The molecule has 1 amide bonds. The number of nitrogens with zero attached hydrogens (tertiary/aromatic N) is 2. The quantitative estimate of drug-likeness (QED) is 0.834. The average molecular weight is 279 g/mol. The largest absolute Gasteiger partial charge is 0.353 e. The highest BCUT2D eigenvalue weighted by atomic mass is 16.1. The van der Waals surface area contributed by atoms with E-state index in [0.717, 1.165) is 29.3 Å². The lowest BCUT2D eigenvalue weighted by molar-refractivity contribution is -0.121.